The van der Waals surface area contributed by atoms with Gasteiger partial charge in [0.15, 0.2) is 0 Å². The van der Waals surface area contributed by atoms with Crippen molar-refractivity contribution < 1.29 is 9.59 Å². The molecule has 4 heteroatoms. The highest BCUT2D eigenvalue weighted by molar-refractivity contribution is 6.06. The minimum atomic E-state index is -0.937. The fourth-order valence-electron chi connectivity index (χ4n) is 3.17. The van der Waals surface area contributed by atoms with Crippen LogP contribution < -0.4 is 5.73 Å². The normalized spacial score (nSPS) is 13.8. The number of para-hydroxylation sites is 1. The van der Waals surface area contributed by atoms with Crippen molar-refractivity contribution in [3.05, 3.63) is 36.0 Å². The smallest absolute Gasteiger partial charge is 0.146 e. The van der Waals surface area contributed by atoms with Gasteiger partial charge >= 0.3 is 0 Å². The van der Waals surface area contributed by atoms with Crippen LogP contribution in [-0.2, 0) is 16.0 Å². The zero-order valence-electron chi connectivity index (χ0n) is 16.7. The van der Waals surface area contributed by atoms with Gasteiger partial charge in [-0.1, -0.05) is 39.0 Å². The first-order valence-corrected chi connectivity index (χ1v) is 9.38. The van der Waals surface area contributed by atoms with Gasteiger partial charge < -0.3 is 10.7 Å². The van der Waals surface area contributed by atoms with Crippen LogP contribution in [0.15, 0.2) is 30.5 Å². The Hall–Kier alpha value is -1.94. The van der Waals surface area contributed by atoms with Gasteiger partial charge in [-0.2, -0.15) is 0 Å². The van der Waals surface area contributed by atoms with E-state index < -0.39 is 5.41 Å². The highest BCUT2D eigenvalue weighted by Crippen LogP contribution is 2.29. The maximum Gasteiger partial charge on any atom is 0.146 e. The van der Waals surface area contributed by atoms with Crippen molar-refractivity contribution in [2.24, 2.45) is 16.6 Å². The van der Waals surface area contributed by atoms with Crippen molar-refractivity contribution in [2.45, 2.75) is 66.3 Å². The zero-order chi connectivity index (χ0) is 19.5. The number of hydrogen-bond acceptors (Lipinski definition) is 3. The number of ketones is 2. The third-order valence-electron chi connectivity index (χ3n) is 4.98. The molecule has 1 atom stereocenters. The number of nitrogens with one attached hydrogen (secondary N) is 1. The van der Waals surface area contributed by atoms with Crippen LogP contribution >= 0.6 is 0 Å². The maximum atomic E-state index is 12.6. The molecule has 3 N–H and O–H groups in total. The van der Waals surface area contributed by atoms with Gasteiger partial charge in [-0.15, -0.1) is 0 Å². The van der Waals surface area contributed by atoms with Crippen molar-refractivity contribution in [3.8, 4) is 0 Å². The third kappa shape index (κ3) is 5.04. The molecule has 0 radical (unpaired) electrons. The average molecular weight is 357 g/mol. The van der Waals surface area contributed by atoms with Crippen LogP contribution in [-0.4, -0.2) is 22.6 Å². The summed E-state index contributed by atoms with van der Waals surface area (Å²) in [6.45, 7) is 9.54. The highest BCUT2D eigenvalue weighted by atomic mass is 16.2. The van der Waals surface area contributed by atoms with E-state index in [1.54, 1.807) is 13.8 Å². The van der Waals surface area contributed by atoms with Gasteiger partial charge in [0, 0.05) is 36.0 Å². The topological polar surface area (TPSA) is 75.9 Å². The summed E-state index contributed by atoms with van der Waals surface area (Å²) in [5.41, 5.74) is 7.49. The molecule has 0 aliphatic rings. The van der Waals surface area contributed by atoms with Crippen molar-refractivity contribution in [1.82, 2.24) is 4.98 Å². The molecule has 0 amide bonds. The number of benzene rings is 1. The summed E-state index contributed by atoms with van der Waals surface area (Å²) in [5, 5.41) is 1.18. The van der Waals surface area contributed by atoms with E-state index in [1.165, 1.54) is 10.9 Å². The van der Waals surface area contributed by atoms with E-state index in [2.05, 4.69) is 11.1 Å². The Morgan fingerprint density at radius 3 is 2.38 bits per heavy atom. The molecule has 4 nitrogen and oxygen atoms in total. The molecule has 0 unspecified atom stereocenters. The fourth-order valence-corrected chi connectivity index (χ4v) is 3.17. The Bertz CT molecular complexity index is 781. The lowest BCUT2D eigenvalue weighted by Gasteiger charge is -2.26. The lowest BCUT2D eigenvalue weighted by atomic mass is 9.75. The van der Waals surface area contributed by atoms with Crippen molar-refractivity contribution >= 4 is 22.5 Å². The van der Waals surface area contributed by atoms with Gasteiger partial charge in [0.2, 0.25) is 0 Å². The van der Waals surface area contributed by atoms with Crippen molar-refractivity contribution in [2.75, 3.05) is 0 Å². The van der Waals surface area contributed by atoms with Crippen LogP contribution in [0.3, 0.4) is 0 Å². The lowest BCUT2D eigenvalue weighted by molar-refractivity contribution is -0.139. The Morgan fingerprint density at radius 2 is 1.73 bits per heavy atom. The highest BCUT2D eigenvalue weighted by Gasteiger charge is 2.36. The largest absolute Gasteiger partial charge is 0.361 e. The molecule has 142 valence electrons. The lowest BCUT2D eigenvalue weighted by Crippen LogP contribution is -2.36. The van der Waals surface area contributed by atoms with Crippen molar-refractivity contribution in [3.63, 3.8) is 0 Å². The molecule has 1 heterocycles. The van der Waals surface area contributed by atoms with Crippen LogP contribution in [0, 0.1) is 10.8 Å². The quantitative estimate of drug-likeness (QED) is 0.688. The molecule has 1 aromatic carbocycles. The number of aromatic amines is 1. The van der Waals surface area contributed by atoms with E-state index >= 15 is 0 Å². The number of carbonyl (C=O) groups excluding carboxylic acids is 2. The number of aromatic nitrogens is 1. The molecule has 0 aliphatic carbocycles. The number of fused-ring (bicyclic) bond motifs is 1. The maximum absolute atomic E-state index is 12.6. The van der Waals surface area contributed by atoms with Crippen LogP contribution in [0.25, 0.3) is 10.9 Å². The Balaban J connectivity index is 1.92. The predicted molar refractivity (Wildman–Crippen MR) is 107 cm³/mol. The Labute approximate surface area is 156 Å². The van der Waals surface area contributed by atoms with E-state index in [9.17, 15) is 9.59 Å². The summed E-state index contributed by atoms with van der Waals surface area (Å²) in [6, 6.07) is 8.02. The molecular weight excluding hydrogens is 324 g/mol. The second-order valence-electron chi connectivity index (χ2n) is 9.07. The number of H-pyrrole nitrogens is 1. The molecular formula is C22H32N2O2. The van der Waals surface area contributed by atoms with E-state index in [-0.39, 0.29) is 23.0 Å². The Kier molecular flexibility index (Phi) is 6.07. The molecule has 1 aromatic heterocycles. The monoisotopic (exact) mass is 356 g/mol. The first-order chi connectivity index (χ1) is 12.0. The first kappa shape index (κ1) is 20.4. The average Bonchev–Trinajstić information content (AvgIpc) is 2.94. The summed E-state index contributed by atoms with van der Waals surface area (Å²) in [6.07, 6.45) is 4.04. The summed E-state index contributed by atoms with van der Waals surface area (Å²) in [5.74, 6) is 0.00123. The van der Waals surface area contributed by atoms with E-state index in [0.717, 1.165) is 5.52 Å². The van der Waals surface area contributed by atoms with E-state index in [4.69, 9.17) is 5.73 Å². The van der Waals surface area contributed by atoms with Gasteiger partial charge in [-0.05, 0) is 43.7 Å². The second kappa shape index (κ2) is 7.75. The van der Waals surface area contributed by atoms with Crippen LogP contribution in [0.2, 0.25) is 0 Å². The molecule has 26 heavy (non-hydrogen) atoms. The van der Waals surface area contributed by atoms with Gasteiger partial charge in [0.1, 0.15) is 11.6 Å². The van der Waals surface area contributed by atoms with Crippen LogP contribution in [0.4, 0.5) is 0 Å². The molecule has 2 aromatic rings. The molecule has 0 saturated carbocycles. The summed E-state index contributed by atoms with van der Waals surface area (Å²) < 4.78 is 0. The van der Waals surface area contributed by atoms with E-state index in [1.807, 2.05) is 45.2 Å². The number of carbonyl (C=O) groups is 2. The van der Waals surface area contributed by atoms with Gasteiger partial charge in [-0.25, -0.2) is 0 Å². The summed E-state index contributed by atoms with van der Waals surface area (Å²) >= 11 is 0. The molecule has 0 spiro atoms. The molecule has 0 aliphatic heterocycles. The number of rotatable bonds is 8. The standard InChI is InChI=1S/C22H32N2O2/c1-21(2,3)13-20(26)22(4,5)19(25)11-10-16(23)12-15-14-24-18-9-7-6-8-17(15)18/h6-9,14,16,24H,10-13,23H2,1-5H3/t16-/m0/s1. The predicted octanol–water partition coefficient (Wildman–Crippen LogP) is 4.42. The minimum Gasteiger partial charge on any atom is -0.361 e. The molecule has 0 fully saturated rings. The molecule has 0 bridgehead atoms. The van der Waals surface area contributed by atoms with Gasteiger partial charge in [0.25, 0.3) is 0 Å². The number of hydrogen-bond donors (Lipinski definition) is 2. The number of Topliss-reactive ketones (excluding diaryl/α,β-unsaturated/α-hetero) is 2. The molecule has 2 rings (SSSR count). The van der Waals surface area contributed by atoms with Gasteiger partial charge in [0.05, 0.1) is 5.41 Å². The van der Waals surface area contributed by atoms with Gasteiger partial charge in [-0.3, -0.25) is 9.59 Å². The molecule has 0 saturated heterocycles. The summed E-state index contributed by atoms with van der Waals surface area (Å²) in [7, 11) is 0. The fraction of sp³-hybridized carbons (Fsp3) is 0.545. The SMILES string of the molecule is CC(C)(C)CC(=O)C(C)(C)C(=O)CC[C@H](N)Cc1c[nH]c2ccccc12. The van der Waals surface area contributed by atoms with E-state index in [0.29, 0.717) is 25.7 Å². The first-order valence-electron chi connectivity index (χ1n) is 9.38. The zero-order valence-corrected chi connectivity index (χ0v) is 16.7. The van der Waals surface area contributed by atoms with Crippen LogP contribution in [0.5, 0.6) is 0 Å². The Morgan fingerprint density at radius 1 is 1.08 bits per heavy atom. The van der Waals surface area contributed by atoms with Crippen molar-refractivity contribution in [1.29, 1.82) is 0 Å². The second-order valence-corrected chi connectivity index (χ2v) is 9.07. The number of nitrogens with two attached hydrogens (primary N) is 1. The minimum absolute atomic E-state index is 0.0128. The van der Waals surface area contributed by atoms with Crippen LogP contribution in [0.1, 0.15) is 59.4 Å². The summed E-state index contributed by atoms with van der Waals surface area (Å²) in [4.78, 5) is 28.4. The third-order valence-corrected chi connectivity index (χ3v) is 4.98.